The Hall–Kier alpha value is -2.48. The molecule has 0 saturated heterocycles. The van der Waals surface area contributed by atoms with E-state index in [0.29, 0.717) is 6.42 Å². The zero-order valence-electron chi connectivity index (χ0n) is 12.3. The monoisotopic (exact) mass is 275 g/mol. The summed E-state index contributed by atoms with van der Waals surface area (Å²) in [6, 6.07) is 15.8. The highest BCUT2D eigenvalue weighted by Gasteiger charge is 2.09. The van der Waals surface area contributed by atoms with Crippen molar-refractivity contribution in [3.05, 3.63) is 77.0 Å². The van der Waals surface area contributed by atoms with Crippen molar-refractivity contribution in [1.29, 1.82) is 0 Å². The molecule has 2 heteroatoms. The van der Waals surface area contributed by atoms with Gasteiger partial charge in [0.15, 0.2) is 5.78 Å². The topological polar surface area (TPSA) is 30.0 Å². The van der Waals surface area contributed by atoms with E-state index >= 15 is 0 Å². The highest BCUT2D eigenvalue weighted by atomic mass is 16.1. The largest absolute Gasteiger partial charge is 0.294 e. The van der Waals surface area contributed by atoms with Gasteiger partial charge in [-0.05, 0) is 43.7 Å². The molecule has 0 aliphatic rings. The van der Waals surface area contributed by atoms with Gasteiger partial charge in [0.05, 0.1) is 5.52 Å². The maximum absolute atomic E-state index is 12.5. The van der Waals surface area contributed by atoms with E-state index in [1.54, 1.807) is 6.20 Å². The Kier molecular flexibility index (Phi) is 3.53. The number of carbonyl (C=O) groups is 1. The van der Waals surface area contributed by atoms with Gasteiger partial charge in [-0.3, -0.25) is 9.78 Å². The SMILES string of the molecule is Cc1cc(C)cc(CC(=O)c2ccc3ncccc3c2)c1. The van der Waals surface area contributed by atoms with Crippen LogP contribution in [-0.4, -0.2) is 10.8 Å². The third-order valence-corrected chi connectivity index (χ3v) is 3.57. The molecule has 0 N–H and O–H groups in total. The van der Waals surface area contributed by atoms with Crippen molar-refractivity contribution in [2.24, 2.45) is 0 Å². The van der Waals surface area contributed by atoms with Crippen molar-refractivity contribution in [2.45, 2.75) is 20.3 Å². The quantitative estimate of drug-likeness (QED) is 0.668. The predicted octanol–water partition coefficient (Wildman–Crippen LogP) is 4.28. The molecule has 104 valence electrons. The van der Waals surface area contributed by atoms with Crippen LogP contribution in [0.25, 0.3) is 10.9 Å². The summed E-state index contributed by atoms with van der Waals surface area (Å²) in [5.41, 5.74) is 5.12. The Morgan fingerprint density at radius 2 is 1.76 bits per heavy atom. The van der Waals surface area contributed by atoms with Crippen LogP contribution >= 0.6 is 0 Å². The van der Waals surface area contributed by atoms with Crippen LogP contribution in [0, 0.1) is 13.8 Å². The third-order valence-electron chi connectivity index (χ3n) is 3.57. The minimum atomic E-state index is 0.144. The fraction of sp³-hybridized carbons (Fsp3) is 0.158. The van der Waals surface area contributed by atoms with E-state index < -0.39 is 0 Å². The fourth-order valence-corrected chi connectivity index (χ4v) is 2.71. The van der Waals surface area contributed by atoms with Gasteiger partial charge in [-0.1, -0.05) is 35.4 Å². The molecular formula is C19H17NO. The minimum absolute atomic E-state index is 0.144. The molecule has 0 aliphatic carbocycles. The van der Waals surface area contributed by atoms with Gasteiger partial charge >= 0.3 is 0 Å². The molecule has 2 nitrogen and oxygen atoms in total. The van der Waals surface area contributed by atoms with Gasteiger partial charge < -0.3 is 0 Å². The summed E-state index contributed by atoms with van der Waals surface area (Å²) < 4.78 is 0. The third kappa shape index (κ3) is 3.00. The Bertz CT molecular complexity index is 800. The van der Waals surface area contributed by atoms with Crippen molar-refractivity contribution < 1.29 is 4.79 Å². The molecule has 2 aromatic carbocycles. The van der Waals surface area contributed by atoms with Gasteiger partial charge in [0.25, 0.3) is 0 Å². The van der Waals surface area contributed by atoms with E-state index in [1.165, 1.54) is 11.1 Å². The highest BCUT2D eigenvalue weighted by Crippen LogP contribution is 2.16. The van der Waals surface area contributed by atoms with Gasteiger partial charge in [-0.2, -0.15) is 0 Å². The maximum atomic E-state index is 12.5. The number of fused-ring (bicyclic) bond motifs is 1. The summed E-state index contributed by atoms with van der Waals surface area (Å²) in [6.45, 7) is 4.12. The van der Waals surface area contributed by atoms with E-state index in [2.05, 4.69) is 37.0 Å². The number of ketones is 1. The summed E-state index contributed by atoms with van der Waals surface area (Å²) in [5.74, 6) is 0.144. The molecule has 0 atom stereocenters. The van der Waals surface area contributed by atoms with Crippen molar-refractivity contribution in [3.63, 3.8) is 0 Å². The first kappa shape index (κ1) is 13.5. The second-order valence-electron chi connectivity index (χ2n) is 5.51. The van der Waals surface area contributed by atoms with Crippen LogP contribution in [0.15, 0.2) is 54.7 Å². The molecule has 0 spiro atoms. The van der Waals surface area contributed by atoms with Gasteiger partial charge in [-0.15, -0.1) is 0 Å². The predicted molar refractivity (Wildman–Crippen MR) is 85.7 cm³/mol. The van der Waals surface area contributed by atoms with Crippen LogP contribution in [0.4, 0.5) is 0 Å². The molecule has 1 heterocycles. The fourth-order valence-electron chi connectivity index (χ4n) is 2.71. The normalized spacial score (nSPS) is 10.8. The maximum Gasteiger partial charge on any atom is 0.167 e. The van der Waals surface area contributed by atoms with Crippen molar-refractivity contribution >= 4 is 16.7 Å². The molecule has 1 aromatic heterocycles. The second-order valence-corrected chi connectivity index (χ2v) is 5.51. The van der Waals surface area contributed by atoms with Gasteiger partial charge in [0.2, 0.25) is 0 Å². The molecular weight excluding hydrogens is 258 g/mol. The van der Waals surface area contributed by atoms with Crippen LogP contribution in [0.3, 0.4) is 0 Å². The summed E-state index contributed by atoms with van der Waals surface area (Å²) in [5, 5.41) is 1.00. The first-order valence-corrected chi connectivity index (χ1v) is 7.07. The molecule has 0 bridgehead atoms. The lowest BCUT2D eigenvalue weighted by molar-refractivity contribution is 0.0993. The summed E-state index contributed by atoms with van der Waals surface area (Å²) >= 11 is 0. The molecule has 21 heavy (non-hydrogen) atoms. The van der Waals surface area contributed by atoms with E-state index in [9.17, 15) is 4.79 Å². The molecule has 0 aliphatic heterocycles. The van der Waals surface area contributed by atoms with Gasteiger partial charge in [0.1, 0.15) is 0 Å². The van der Waals surface area contributed by atoms with Gasteiger partial charge in [-0.25, -0.2) is 0 Å². The van der Waals surface area contributed by atoms with E-state index in [4.69, 9.17) is 0 Å². The molecule has 0 saturated carbocycles. The Labute approximate surface area is 124 Å². The van der Waals surface area contributed by atoms with Gasteiger partial charge in [0, 0.05) is 23.6 Å². The summed E-state index contributed by atoms with van der Waals surface area (Å²) in [7, 11) is 0. The Balaban J connectivity index is 1.89. The number of nitrogens with zero attached hydrogens (tertiary/aromatic N) is 1. The zero-order chi connectivity index (χ0) is 14.8. The van der Waals surface area contributed by atoms with E-state index in [1.807, 2.05) is 30.3 Å². The second kappa shape index (κ2) is 5.49. The average Bonchev–Trinajstić information content (AvgIpc) is 2.45. The molecule has 0 amide bonds. The standard InChI is InChI=1S/C19H17NO/c1-13-8-14(2)10-15(9-13)11-19(21)17-5-6-18-16(12-17)4-3-7-20-18/h3-10,12H,11H2,1-2H3. The number of benzene rings is 2. The first-order chi connectivity index (χ1) is 10.1. The van der Waals surface area contributed by atoms with E-state index in [0.717, 1.165) is 22.0 Å². The van der Waals surface area contributed by atoms with Crippen molar-refractivity contribution in [1.82, 2.24) is 4.98 Å². The van der Waals surface area contributed by atoms with Crippen LogP contribution in [0.2, 0.25) is 0 Å². The molecule has 3 aromatic rings. The lowest BCUT2D eigenvalue weighted by Crippen LogP contribution is -2.04. The smallest absolute Gasteiger partial charge is 0.167 e. The number of rotatable bonds is 3. The Morgan fingerprint density at radius 3 is 2.52 bits per heavy atom. The average molecular weight is 275 g/mol. The van der Waals surface area contributed by atoms with E-state index in [-0.39, 0.29) is 5.78 Å². The van der Waals surface area contributed by atoms with Crippen LogP contribution in [-0.2, 0) is 6.42 Å². The lowest BCUT2D eigenvalue weighted by Gasteiger charge is -2.06. The number of hydrogen-bond donors (Lipinski definition) is 0. The number of carbonyl (C=O) groups excluding carboxylic acids is 1. The molecule has 3 rings (SSSR count). The molecule has 0 fully saturated rings. The number of aryl methyl sites for hydroxylation is 2. The first-order valence-electron chi connectivity index (χ1n) is 7.07. The van der Waals surface area contributed by atoms with Crippen molar-refractivity contribution in [2.75, 3.05) is 0 Å². The number of hydrogen-bond acceptors (Lipinski definition) is 2. The number of pyridine rings is 1. The Morgan fingerprint density at radius 1 is 1.00 bits per heavy atom. The minimum Gasteiger partial charge on any atom is -0.294 e. The number of Topliss-reactive ketones (excluding diaryl/α,β-unsaturated/α-hetero) is 1. The summed E-state index contributed by atoms with van der Waals surface area (Å²) in [6.07, 6.45) is 2.20. The van der Waals surface area contributed by atoms with Crippen molar-refractivity contribution in [3.8, 4) is 0 Å². The van der Waals surface area contributed by atoms with Crippen LogP contribution in [0.1, 0.15) is 27.0 Å². The molecule has 0 unspecified atom stereocenters. The molecule has 0 radical (unpaired) electrons. The zero-order valence-corrected chi connectivity index (χ0v) is 12.3. The summed E-state index contributed by atoms with van der Waals surface area (Å²) in [4.78, 5) is 16.7. The lowest BCUT2D eigenvalue weighted by atomic mass is 9.99. The number of aromatic nitrogens is 1. The van der Waals surface area contributed by atoms with Crippen LogP contribution < -0.4 is 0 Å². The van der Waals surface area contributed by atoms with Crippen LogP contribution in [0.5, 0.6) is 0 Å². The highest BCUT2D eigenvalue weighted by molar-refractivity contribution is 6.00.